The molecule has 1 aromatic heterocycles. The van der Waals surface area contributed by atoms with Crippen LogP contribution in [0.15, 0.2) is 36.5 Å². The van der Waals surface area contributed by atoms with Gasteiger partial charge in [0.1, 0.15) is 5.82 Å². The highest BCUT2D eigenvalue weighted by Crippen LogP contribution is 2.12. The van der Waals surface area contributed by atoms with Crippen LogP contribution in [0.3, 0.4) is 0 Å². The number of aromatic amines is 1. The molecule has 0 aliphatic rings. The van der Waals surface area contributed by atoms with Crippen molar-refractivity contribution in [2.75, 3.05) is 5.32 Å². The molecule has 4 heteroatoms. The van der Waals surface area contributed by atoms with E-state index in [4.69, 9.17) is 0 Å². The van der Waals surface area contributed by atoms with Crippen molar-refractivity contribution in [1.29, 1.82) is 0 Å². The van der Waals surface area contributed by atoms with Gasteiger partial charge in [-0.3, -0.25) is 9.89 Å². The van der Waals surface area contributed by atoms with E-state index in [2.05, 4.69) is 21.6 Å². The van der Waals surface area contributed by atoms with Crippen molar-refractivity contribution in [3.05, 3.63) is 53.2 Å². The van der Waals surface area contributed by atoms with Gasteiger partial charge in [-0.1, -0.05) is 23.8 Å². The molecule has 2 N–H and O–H groups in total. The normalized spacial score (nSPS) is 10.8. The third kappa shape index (κ3) is 3.07. The summed E-state index contributed by atoms with van der Waals surface area (Å²) in [5.41, 5.74) is 3.41. The first-order valence-electron chi connectivity index (χ1n) is 5.71. The Bertz CT molecular complexity index is 571. The molecule has 0 saturated carbocycles. The molecule has 0 atom stereocenters. The second-order valence-electron chi connectivity index (χ2n) is 4.15. The lowest BCUT2D eigenvalue weighted by Gasteiger charge is -2.01. The Morgan fingerprint density at radius 2 is 2.17 bits per heavy atom. The molecule has 0 fully saturated rings. The number of carbonyl (C=O) groups is 1. The minimum Gasteiger partial charge on any atom is -0.307 e. The molecule has 1 aromatic carbocycles. The Morgan fingerprint density at radius 3 is 2.83 bits per heavy atom. The quantitative estimate of drug-likeness (QED) is 0.812. The molecule has 0 bridgehead atoms. The number of carbonyl (C=O) groups excluding carboxylic acids is 1. The molecule has 0 aliphatic heterocycles. The summed E-state index contributed by atoms with van der Waals surface area (Å²) in [5.74, 6) is 0.407. The van der Waals surface area contributed by atoms with Crippen LogP contribution >= 0.6 is 0 Å². The van der Waals surface area contributed by atoms with Gasteiger partial charge in [-0.25, -0.2) is 0 Å². The molecule has 0 saturated heterocycles. The molecular formula is C14H15N3O. The zero-order chi connectivity index (χ0) is 13.0. The van der Waals surface area contributed by atoms with Crippen molar-refractivity contribution >= 4 is 17.8 Å². The number of anilines is 1. The molecule has 0 aliphatic carbocycles. The van der Waals surface area contributed by atoms with Crippen molar-refractivity contribution in [3.63, 3.8) is 0 Å². The second-order valence-corrected chi connectivity index (χ2v) is 4.15. The van der Waals surface area contributed by atoms with Crippen LogP contribution in [-0.4, -0.2) is 16.1 Å². The fraction of sp³-hybridized carbons (Fsp3) is 0.143. The van der Waals surface area contributed by atoms with E-state index in [-0.39, 0.29) is 5.91 Å². The van der Waals surface area contributed by atoms with Crippen LogP contribution in [0, 0.1) is 13.8 Å². The van der Waals surface area contributed by atoms with E-state index in [0.29, 0.717) is 5.82 Å². The number of hydrogen-bond acceptors (Lipinski definition) is 2. The number of H-pyrrole nitrogens is 1. The van der Waals surface area contributed by atoms with E-state index >= 15 is 0 Å². The summed E-state index contributed by atoms with van der Waals surface area (Å²) in [4.78, 5) is 11.6. The third-order valence-corrected chi connectivity index (χ3v) is 2.60. The second kappa shape index (κ2) is 5.31. The summed E-state index contributed by atoms with van der Waals surface area (Å²) in [6.45, 7) is 4.07. The maximum atomic E-state index is 11.6. The molecule has 18 heavy (non-hydrogen) atoms. The predicted molar refractivity (Wildman–Crippen MR) is 72.2 cm³/mol. The van der Waals surface area contributed by atoms with E-state index in [1.807, 2.05) is 26.0 Å². The Hall–Kier alpha value is -2.36. The largest absolute Gasteiger partial charge is 0.307 e. The molecular weight excluding hydrogens is 226 g/mol. The van der Waals surface area contributed by atoms with Crippen LogP contribution < -0.4 is 5.32 Å². The van der Waals surface area contributed by atoms with Crippen molar-refractivity contribution in [2.24, 2.45) is 0 Å². The Morgan fingerprint density at radius 1 is 1.33 bits per heavy atom. The summed E-state index contributed by atoms with van der Waals surface area (Å²) >= 11 is 0. The number of aryl methyl sites for hydroxylation is 2. The molecule has 0 radical (unpaired) electrons. The molecule has 92 valence electrons. The predicted octanol–water partition coefficient (Wildman–Crippen LogP) is 2.68. The van der Waals surface area contributed by atoms with E-state index in [1.165, 1.54) is 11.6 Å². The van der Waals surface area contributed by atoms with Crippen LogP contribution in [0.4, 0.5) is 5.82 Å². The van der Waals surface area contributed by atoms with Gasteiger partial charge in [0.2, 0.25) is 5.91 Å². The lowest BCUT2D eigenvalue weighted by Crippen LogP contribution is -2.07. The number of hydrogen-bond donors (Lipinski definition) is 2. The Kier molecular flexibility index (Phi) is 3.57. The molecule has 2 aromatic rings. The number of nitrogens with one attached hydrogen (secondary N) is 2. The Labute approximate surface area is 106 Å². The number of aromatic nitrogens is 2. The molecule has 1 heterocycles. The first-order chi connectivity index (χ1) is 8.65. The summed E-state index contributed by atoms with van der Waals surface area (Å²) in [5, 5.41) is 9.10. The zero-order valence-electron chi connectivity index (χ0n) is 10.4. The van der Waals surface area contributed by atoms with E-state index in [1.54, 1.807) is 18.3 Å². The fourth-order valence-electron chi connectivity index (χ4n) is 1.68. The number of amides is 1. The topological polar surface area (TPSA) is 57.8 Å². The van der Waals surface area contributed by atoms with Gasteiger partial charge in [0.05, 0.1) is 6.20 Å². The minimum atomic E-state index is -0.181. The van der Waals surface area contributed by atoms with Crippen molar-refractivity contribution in [3.8, 4) is 0 Å². The first kappa shape index (κ1) is 12.1. The molecule has 0 unspecified atom stereocenters. The van der Waals surface area contributed by atoms with E-state index < -0.39 is 0 Å². The maximum Gasteiger partial charge on any atom is 0.249 e. The van der Waals surface area contributed by atoms with Crippen LogP contribution in [0.1, 0.15) is 16.7 Å². The van der Waals surface area contributed by atoms with Crippen molar-refractivity contribution in [2.45, 2.75) is 13.8 Å². The smallest absolute Gasteiger partial charge is 0.249 e. The van der Waals surface area contributed by atoms with Crippen molar-refractivity contribution in [1.82, 2.24) is 10.2 Å². The third-order valence-electron chi connectivity index (χ3n) is 2.60. The van der Waals surface area contributed by atoms with E-state index in [9.17, 15) is 4.79 Å². The number of benzene rings is 1. The van der Waals surface area contributed by atoms with Crippen LogP contribution in [0.2, 0.25) is 0 Å². The lowest BCUT2D eigenvalue weighted by molar-refractivity contribution is -0.111. The molecule has 1 amide bonds. The number of rotatable bonds is 3. The van der Waals surface area contributed by atoms with Crippen LogP contribution in [0.25, 0.3) is 6.08 Å². The Balaban J connectivity index is 2.04. The highest BCUT2D eigenvalue weighted by molar-refractivity contribution is 6.01. The fourth-order valence-corrected chi connectivity index (χ4v) is 1.68. The molecule has 4 nitrogen and oxygen atoms in total. The van der Waals surface area contributed by atoms with Gasteiger partial charge in [-0.05, 0) is 31.1 Å². The van der Waals surface area contributed by atoms with Gasteiger partial charge < -0.3 is 5.32 Å². The number of nitrogens with zero attached hydrogens (tertiary/aromatic N) is 1. The SMILES string of the molecule is Cc1ccc(C=CC(=O)Nc2ccn[nH]2)c(C)c1. The first-order valence-corrected chi connectivity index (χ1v) is 5.71. The summed E-state index contributed by atoms with van der Waals surface area (Å²) in [6.07, 6.45) is 4.91. The van der Waals surface area contributed by atoms with Gasteiger partial charge in [0.25, 0.3) is 0 Å². The minimum absolute atomic E-state index is 0.181. The van der Waals surface area contributed by atoms with Gasteiger partial charge in [-0.15, -0.1) is 0 Å². The average Bonchev–Trinajstić information content (AvgIpc) is 2.80. The van der Waals surface area contributed by atoms with Crippen LogP contribution in [0.5, 0.6) is 0 Å². The molecule has 2 rings (SSSR count). The summed E-state index contributed by atoms with van der Waals surface area (Å²) in [7, 11) is 0. The van der Waals surface area contributed by atoms with Gasteiger partial charge in [0.15, 0.2) is 0 Å². The average molecular weight is 241 g/mol. The van der Waals surface area contributed by atoms with Gasteiger partial charge >= 0.3 is 0 Å². The summed E-state index contributed by atoms with van der Waals surface area (Å²) in [6, 6.07) is 7.82. The molecule has 0 spiro atoms. The highest BCUT2D eigenvalue weighted by atomic mass is 16.1. The standard InChI is InChI=1S/C14H15N3O/c1-10-3-4-12(11(2)9-10)5-6-14(18)16-13-7-8-15-17-13/h3-9H,1-2H3,(H2,15,16,17,18). The van der Waals surface area contributed by atoms with E-state index in [0.717, 1.165) is 11.1 Å². The highest BCUT2D eigenvalue weighted by Gasteiger charge is 1.99. The lowest BCUT2D eigenvalue weighted by atomic mass is 10.1. The van der Waals surface area contributed by atoms with Crippen molar-refractivity contribution < 1.29 is 4.79 Å². The summed E-state index contributed by atoms with van der Waals surface area (Å²) < 4.78 is 0. The maximum absolute atomic E-state index is 11.6. The van der Waals surface area contributed by atoms with Crippen LogP contribution in [-0.2, 0) is 4.79 Å². The monoisotopic (exact) mass is 241 g/mol. The van der Waals surface area contributed by atoms with Gasteiger partial charge in [0, 0.05) is 12.1 Å². The zero-order valence-corrected chi connectivity index (χ0v) is 10.4. The van der Waals surface area contributed by atoms with Gasteiger partial charge in [-0.2, -0.15) is 5.10 Å².